The van der Waals surface area contributed by atoms with Crippen molar-refractivity contribution in [2.75, 3.05) is 18.4 Å². The smallest absolute Gasteiger partial charge is 0.252 e. The third-order valence-corrected chi connectivity index (χ3v) is 2.67. The van der Waals surface area contributed by atoms with Crippen LogP contribution in [0.5, 0.6) is 0 Å². The molecule has 0 aliphatic rings. The van der Waals surface area contributed by atoms with Crippen molar-refractivity contribution in [2.24, 2.45) is 0 Å². The van der Waals surface area contributed by atoms with E-state index in [1.807, 2.05) is 13.8 Å². The van der Waals surface area contributed by atoms with Crippen LogP contribution in [0.25, 0.3) is 0 Å². The lowest BCUT2D eigenvalue weighted by Crippen LogP contribution is -2.41. The molecule has 1 heterocycles. The van der Waals surface area contributed by atoms with Crippen LogP contribution in [0.2, 0.25) is 0 Å². The highest BCUT2D eigenvalue weighted by atomic mass is 16.2. The molecule has 1 amide bonds. The van der Waals surface area contributed by atoms with Crippen LogP contribution in [0.15, 0.2) is 10.9 Å². The SMILES string of the molecule is CCN(CC)C(=O)C(C)Nc1cc(=O)[nH]c(C)n1. The van der Waals surface area contributed by atoms with Crippen LogP contribution in [0.3, 0.4) is 0 Å². The first-order chi connectivity index (χ1) is 8.47. The van der Waals surface area contributed by atoms with Gasteiger partial charge in [0, 0.05) is 19.2 Å². The molecule has 1 rings (SSSR count). The first-order valence-electron chi connectivity index (χ1n) is 6.11. The number of carbonyl (C=O) groups excluding carboxylic acids is 1. The minimum Gasteiger partial charge on any atom is -0.358 e. The molecule has 1 aromatic heterocycles. The number of aromatic amines is 1. The van der Waals surface area contributed by atoms with Gasteiger partial charge in [0.2, 0.25) is 5.91 Å². The Kier molecular flexibility index (Phi) is 4.88. The lowest BCUT2D eigenvalue weighted by Gasteiger charge is -2.23. The molecule has 1 unspecified atom stereocenters. The van der Waals surface area contributed by atoms with E-state index < -0.39 is 6.04 Å². The summed E-state index contributed by atoms with van der Waals surface area (Å²) in [6, 6.07) is 0.942. The molecule has 18 heavy (non-hydrogen) atoms. The maximum Gasteiger partial charge on any atom is 0.252 e. The maximum absolute atomic E-state index is 12.0. The summed E-state index contributed by atoms with van der Waals surface area (Å²) in [6.07, 6.45) is 0. The number of nitrogens with zero attached hydrogens (tertiary/aromatic N) is 2. The number of amides is 1. The van der Waals surface area contributed by atoms with Crippen LogP contribution >= 0.6 is 0 Å². The van der Waals surface area contributed by atoms with Gasteiger partial charge in [-0.25, -0.2) is 4.98 Å². The van der Waals surface area contributed by atoms with E-state index in [2.05, 4.69) is 15.3 Å². The Balaban J connectivity index is 2.77. The van der Waals surface area contributed by atoms with Gasteiger partial charge in [-0.2, -0.15) is 0 Å². The Labute approximate surface area is 106 Å². The van der Waals surface area contributed by atoms with Gasteiger partial charge < -0.3 is 15.2 Å². The summed E-state index contributed by atoms with van der Waals surface area (Å²) in [7, 11) is 0. The maximum atomic E-state index is 12.0. The second kappa shape index (κ2) is 6.18. The number of carbonyl (C=O) groups is 1. The number of anilines is 1. The molecule has 1 aromatic rings. The molecule has 100 valence electrons. The zero-order chi connectivity index (χ0) is 13.7. The molecule has 0 bridgehead atoms. The van der Waals surface area contributed by atoms with Crippen LogP contribution in [0.4, 0.5) is 5.82 Å². The largest absolute Gasteiger partial charge is 0.358 e. The van der Waals surface area contributed by atoms with Crippen LogP contribution in [-0.4, -0.2) is 39.9 Å². The van der Waals surface area contributed by atoms with Crippen LogP contribution in [0.1, 0.15) is 26.6 Å². The first kappa shape index (κ1) is 14.2. The van der Waals surface area contributed by atoms with E-state index in [1.165, 1.54) is 6.07 Å². The Morgan fingerprint density at radius 1 is 1.50 bits per heavy atom. The number of aryl methyl sites for hydroxylation is 1. The number of H-pyrrole nitrogens is 1. The lowest BCUT2D eigenvalue weighted by molar-refractivity contribution is -0.131. The Morgan fingerprint density at radius 3 is 2.61 bits per heavy atom. The van der Waals surface area contributed by atoms with Gasteiger partial charge in [-0.05, 0) is 27.7 Å². The molecule has 0 saturated heterocycles. The van der Waals surface area contributed by atoms with E-state index in [-0.39, 0.29) is 11.5 Å². The summed E-state index contributed by atoms with van der Waals surface area (Å²) in [5.41, 5.74) is -0.229. The highest BCUT2D eigenvalue weighted by Gasteiger charge is 2.18. The van der Waals surface area contributed by atoms with Gasteiger partial charge in [0.25, 0.3) is 5.56 Å². The van der Waals surface area contributed by atoms with Crippen molar-refractivity contribution in [1.29, 1.82) is 0 Å². The molecule has 0 fully saturated rings. The minimum atomic E-state index is -0.404. The van der Waals surface area contributed by atoms with Crippen LogP contribution in [-0.2, 0) is 4.79 Å². The zero-order valence-electron chi connectivity index (χ0n) is 11.3. The molecule has 0 aliphatic heterocycles. The fraction of sp³-hybridized carbons (Fsp3) is 0.583. The number of nitrogens with one attached hydrogen (secondary N) is 2. The van der Waals surface area contributed by atoms with Crippen molar-refractivity contribution >= 4 is 11.7 Å². The monoisotopic (exact) mass is 252 g/mol. The lowest BCUT2D eigenvalue weighted by atomic mass is 10.2. The van der Waals surface area contributed by atoms with Crippen molar-refractivity contribution < 1.29 is 4.79 Å². The van der Waals surface area contributed by atoms with Gasteiger partial charge in [0.1, 0.15) is 17.7 Å². The van der Waals surface area contributed by atoms with E-state index in [0.717, 1.165) is 0 Å². The summed E-state index contributed by atoms with van der Waals surface area (Å²) in [6.45, 7) is 8.67. The Hall–Kier alpha value is -1.85. The van der Waals surface area contributed by atoms with Crippen LogP contribution in [0, 0.1) is 6.92 Å². The molecule has 0 spiro atoms. The topological polar surface area (TPSA) is 78.1 Å². The van der Waals surface area contributed by atoms with Crippen molar-refractivity contribution in [3.63, 3.8) is 0 Å². The summed E-state index contributed by atoms with van der Waals surface area (Å²) < 4.78 is 0. The fourth-order valence-corrected chi connectivity index (χ4v) is 1.75. The molecule has 6 nitrogen and oxygen atoms in total. The molecular weight excluding hydrogens is 232 g/mol. The first-order valence-corrected chi connectivity index (χ1v) is 6.11. The predicted octanol–water partition coefficient (Wildman–Crippen LogP) is 0.747. The Morgan fingerprint density at radius 2 is 2.11 bits per heavy atom. The standard InChI is InChI=1S/C12H20N4O2/c1-5-16(6-2)12(18)8(3)13-10-7-11(17)15-9(4)14-10/h7-8H,5-6H2,1-4H3,(H2,13,14,15,17). The summed E-state index contributed by atoms with van der Waals surface area (Å²) in [5.74, 6) is 0.941. The molecule has 0 saturated carbocycles. The number of aromatic nitrogens is 2. The molecule has 0 radical (unpaired) electrons. The number of likely N-dealkylation sites (N-methyl/N-ethyl adjacent to an activating group) is 1. The summed E-state index contributed by atoms with van der Waals surface area (Å²) in [5, 5.41) is 2.95. The second-order valence-electron chi connectivity index (χ2n) is 4.09. The van der Waals surface area contributed by atoms with E-state index >= 15 is 0 Å². The molecule has 1 atom stereocenters. The van der Waals surface area contributed by atoms with Crippen LogP contribution < -0.4 is 10.9 Å². The molecular formula is C12H20N4O2. The zero-order valence-corrected chi connectivity index (χ0v) is 11.3. The highest BCUT2D eigenvalue weighted by molar-refractivity contribution is 5.83. The predicted molar refractivity (Wildman–Crippen MR) is 70.6 cm³/mol. The summed E-state index contributed by atoms with van der Waals surface area (Å²) >= 11 is 0. The average molecular weight is 252 g/mol. The van der Waals surface area contributed by atoms with Gasteiger partial charge >= 0.3 is 0 Å². The average Bonchev–Trinajstić information content (AvgIpc) is 2.28. The molecule has 0 aromatic carbocycles. The third-order valence-electron chi connectivity index (χ3n) is 2.67. The third kappa shape index (κ3) is 3.58. The van der Waals surface area contributed by atoms with E-state index in [4.69, 9.17) is 0 Å². The van der Waals surface area contributed by atoms with Crippen molar-refractivity contribution in [3.8, 4) is 0 Å². The van der Waals surface area contributed by atoms with Gasteiger partial charge in [-0.3, -0.25) is 9.59 Å². The van der Waals surface area contributed by atoms with Gasteiger partial charge in [-0.15, -0.1) is 0 Å². The van der Waals surface area contributed by atoms with E-state index in [9.17, 15) is 9.59 Å². The number of hydrogen-bond donors (Lipinski definition) is 2. The molecule has 0 aliphatic carbocycles. The minimum absolute atomic E-state index is 0.000246. The number of rotatable bonds is 5. The quantitative estimate of drug-likeness (QED) is 0.810. The summed E-state index contributed by atoms with van der Waals surface area (Å²) in [4.78, 5) is 31.7. The van der Waals surface area contributed by atoms with E-state index in [1.54, 1.807) is 18.7 Å². The normalized spacial score (nSPS) is 12.0. The molecule has 2 N–H and O–H groups in total. The van der Waals surface area contributed by atoms with Gasteiger partial charge in [0.15, 0.2) is 0 Å². The van der Waals surface area contributed by atoms with Gasteiger partial charge in [-0.1, -0.05) is 0 Å². The molecule has 6 heteroatoms. The Bertz CT molecular complexity index is 465. The fourth-order valence-electron chi connectivity index (χ4n) is 1.75. The van der Waals surface area contributed by atoms with Crippen molar-refractivity contribution in [3.05, 3.63) is 22.2 Å². The number of hydrogen-bond acceptors (Lipinski definition) is 4. The highest BCUT2D eigenvalue weighted by Crippen LogP contribution is 2.04. The van der Waals surface area contributed by atoms with Crippen molar-refractivity contribution in [1.82, 2.24) is 14.9 Å². The second-order valence-corrected chi connectivity index (χ2v) is 4.09. The van der Waals surface area contributed by atoms with Crippen molar-refractivity contribution in [2.45, 2.75) is 33.7 Å². The van der Waals surface area contributed by atoms with E-state index in [0.29, 0.717) is 24.7 Å². The van der Waals surface area contributed by atoms with Gasteiger partial charge in [0.05, 0.1) is 0 Å².